The molecule has 1 aliphatic carbocycles. The van der Waals surface area contributed by atoms with Gasteiger partial charge in [0.15, 0.2) is 0 Å². The van der Waals surface area contributed by atoms with Gasteiger partial charge in [-0.2, -0.15) is 0 Å². The Bertz CT molecular complexity index is 836. The maximum absolute atomic E-state index is 12.2. The molecule has 0 aromatic carbocycles. The van der Waals surface area contributed by atoms with Crippen LogP contribution in [0.3, 0.4) is 0 Å². The number of nitrogens with one attached hydrogen (secondary N) is 2. The number of hydrazine groups is 1. The first-order valence-corrected chi connectivity index (χ1v) is 10.5. The van der Waals surface area contributed by atoms with E-state index in [-0.39, 0.29) is 4.21 Å². The van der Waals surface area contributed by atoms with Crippen molar-refractivity contribution in [1.82, 2.24) is 10.3 Å². The zero-order valence-electron chi connectivity index (χ0n) is 12.9. The summed E-state index contributed by atoms with van der Waals surface area (Å²) in [5.41, 5.74) is 3.53. The SMILES string of the molecule is Cc1ccc(S(=O)(=O)NNC(=O)c2cc3c(s2)CC[C@H](C)C3)s1. The molecule has 124 valence electrons. The van der Waals surface area contributed by atoms with Crippen LogP contribution in [0.25, 0.3) is 0 Å². The maximum atomic E-state index is 12.2. The molecular formula is C15H18N2O3S3. The van der Waals surface area contributed by atoms with Crippen molar-refractivity contribution in [1.29, 1.82) is 0 Å². The molecule has 3 rings (SSSR count). The third-order valence-corrected chi connectivity index (χ3v) is 7.81. The first-order chi connectivity index (χ1) is 10.8. The molecule has 1 amide bonds. The van der Waals surface area contributed by atoms with Crippen LogP contribution in [0.1, 0.15) is 38.3 Å². The molecule has 0 saturated heterocycles. The number of hydrogen-bond acceptors (Lipinski definition) is 5. The van der Waals surface area contributed by atoms with Crippen LogP contribution in [0.2, 0.25) is 0 Å². The molecule has 1 aliphatic rings. The minimum absolute atomic E-state index is 0.189. The molecule has 2 aromatic heterocycles. The summed E-state index contributed by atoms with van der Waals surface area (Å²) in [6.07, 6.45) is 3.12. The molecule has 2 N–H and O–H groups in total. The lowest BCUT2D eigenvalue weighted by Gasteiger charge is -2.16. The van der Waals surface area contributed by atoms with Gasteiger partial charge in [0, 0.05) is 9.75 Å². The molecule has 1 atom stereocenters. The highest BCUT2D eigenvalue weighted by Gasteiger charge is 2.22. The van der Waals surface area contributed by atoms with Crippen molar-refractivity contribution >= 4 is 38.6 Å². The second kappa shape index (κ2) is 6.35. The van der Waals surface area contributed by atoms with E-state index < -0.39 is 15.9 Å². The number of carbonyl (C=O) groups excluding carboxylic acids is 1. The van der Waals surface area contributed by atoms with Crippen LogP contribution >= 0.6 is 22.7 Å². The zero-order chi connectivity index (χ0) is 16.6. The van der Waals surface area contributed by atoms with Crippen molar-refractivity contribution in [2.24, 2.45) is 5.92 Å². The highest BCUT2D eigenvalue weighted by Crippen LogP contribution is 2.32. The van der Waals surface area contributed by atoms with E-state index >= 15 is 0 Å². The second-order valence-corrected chi connectivity index (χ2v) is 10.2. The summed E-state index contributed by atoms with van der Waals surface area (Å²) in [4.78, 5) is 17.1. The van der Waals surface area contributed by atoms with Gasteiger partial charge in [-0.1, -0.05) is 6.92 Å². The number of aryl methyl sites for hydroxylation is 2. The van der Waals surface area contributed by atoms with Crippen molar-refractivity contribution < 1.29 is 13.2 Å². The molecule has 0 fully saturated rings. The van der Waals surface area contributed by atoms with Gasteiger partial charge in [0.1, 0.15) is 4.21 Å². The molecule has 2 aromatic rings. The molecule has 0 radical (unpaired) electrons. The van der Waals surface area contributed by atoms with Crippen molar-refractivity contribution in [2.45, 2.75) is 37.3 Å². The van der Waals surface area contributed by atoms with Crippen molar-refractivity contribution in [3.05, 3.63) is 38.4 Å². The van der Waals surface area contributed by atoms with Crippen LogP contribution in [0.5, 0.6) is 0 Å². The largest absolute Gasteiger partial charge is 0.276 e. The fourth-order valence-electron chi connectivity index (χ4n) is 2.60. The smallest absolute Gasteiger partial charge is 0.273 e. The van der Waals surface area contributed by atoms with Crippen molar-refractivity contribution in [3.63, 3.8) is 0 Å². The summed E-state index contributed by atoms with van der Waals surface area (Å²) in [6.45, 7) is 4.04. The molecule has 0 spiro atoms. The fraction of sp³-hybridized carbons (Fsp3) is 0.400. The van der Waals surface area contributed by atoms with Gasteiger partial charge in [0.25, 0.3) is 15.9 Å². The molecule has 0 unspecified atom stereocenters. The molecule has 5 nitrogen and oxygen atoms in total. The molecular weight excluding hydrogens is 352 g/mol. The Morgan fingerprint density at radius 1 is 1.30 bits per heavy atom. The van der Waals surface area contributed by atoms with E-state index in [1.807, 2.05) is 13.0 Å². The average Bonchev–Trinajstić information content (AvgIpc) is 3.11. The predicted octanol–water partition coefficient (Wildman–Crippen LogP) is 2.87. The number of carbonyl (C=O) groups is 1. The minimum Gasteiger partial charge on any atom is -0.273 e. The van der Waals surface area contributed by atoms with Crippen LogP contribution in [0.15, 0.2) is 22.4 Å². The van der Waals surface area contributed by atoms with Gasteiger partial charge in [0.2, 0.25) is 0 Å². The second-order valence-electron chi connectivity index (χ2n) is 5.83. The van der Waals surface area contributed by atoms with E-state index in [4.69, 9.17) is 0 Å². The summed E-state index contributed by atoms with van der Waals surface area (Å²) in [5, 5.41) is 0. The number of fused-ring (bicyclic) bond motifs is 1. The molecule has 0 aliphatic heterocycles. The van der Waals surface area contributed by atoms with Crippen LogP contribution < -0.4 is 10.3 Å². The first kappa shape index (κ1) is 16.6. The van der Waals surface area contributed by atoms with E-state index in [0.29, 0.717) is 10.8 Å². The Labute approximate surface area is 143 Å². The summed E-state index contributed by atoms with van der Waals surface area (Å²) in [6, 6.07) is 5.14. The number of sulfonamides is 1. The van der Waals surface area contributed by atoms with E-state index in [2.05, 4.69) is 17.2 Å². The zero-order valence-corrected chi connectivity index (χ0v) is 15.3. The van der Waals surface area contributed by atoms with Crippen LogP contribution in [-0.4, -0.2) is 14.3 Å². The number of amides is 1. The summed E-state index contributed by atoms with van der Waals surface area (Å²) >= 11 is 2.62. The highest BCUT2D eigenvalue weighted by atomic mass is 32.2. The third kappa shape index (κ3) is 3.65. The lowest BCUT2D eigenvalue weighted by molar-refractivity contribution is 0.0949. The summed E-state index contributed by atoms with van der Waals surface area (Å²) in [5.74, 6) is 0.225. The summed E-state index contributed by atoms with van der Waals surface area (Å²) in [7, 11) is -3.71. The Balaban J connectivity index is 1.68. The van der Waals surface area contributed by atoms with Gasteiger partial charge in [0.05, 0.1) is 4.88 Å². The monoisotopic (exact) mass is 370 g/mol. The molecule has 0 saturated carbocycles. The fourth-order valence-corrected chi connectivity index (χ4v) is 5.83. The standard InChI is InChI=1S/C15H18N2O3S3/c1-9-3-5-12-11(7-9)8-13(22-12)15(18)16-17-23(19,20)14-6-4-10(2)21-14/h4,6,8-9,17H,3,5,7H2,1-2H3,(H,16,18)/t9-/m0/s1. The Morgan fingerprint density at radius 2 is 2.09 bits per heavy atom. The van der Waals surface area contributed by atoms with Gasteiger partial charge < -0.3 is 0 Å². The van der Waals surface area contributed by atoms with E-state index in [1.54, 1.807) is 6.07 Å². The molecule has 2 heterocycles. The highest BCUT2D eigenvalue weighted by molar-refractivity contribution is 7.91. The minimum atomic E-state index is -3.71. The van der Waals surface area contributed by atoms with E-state index in [0.717, 1.165) is 24.1 Å². The lowest BCUT2D eigenvalue weighted by Crippen LogP contribution is -2.40. The van der Waals surface area contributed by atoms with Gasteiger partial charge in [-0.05, 0) is 55.9 Å². The molecule has 8 heteroatoms. The van der Waals surface area contributed by atoms with Gasteiger partial charge in [-0.15, -0.1) is 27.5 Å². The molecule has 23 heavy (non-hydrogen) atoms. The number of hydrogen-bond donors (Lipinski definition) is 2. The Kier molecular flexibility index (Phi) is 4.59. The maximum Gasteiger partial charge on any atom is 0.276 e. The normalized spacial score (nSPS) is 17.7. The molecule has 0 bridgehead atoms. The van der Waals surface area contributed by atoms with Crippen LogP contribution in [0.4, 0.5) is 0 Å². The van der Waals surface area contributed by atoms with Crippen LogP contribution in [0, 0.1) is 12.8 Å². The van der Waals surface area contributed by atoms with Gasteiger partial charge >= 0.3 is 0 Å². The number of thiophene rings is 2. The summed E-state index contributed by atoms with van der Waals surface area (Å²) < 4.78 is 24.4. The number of rotatable bonds is 4. The average molecular weight is 371 g/mol. The van der Waals surface area contributed by atoms with E-state index in [1.165, 1.54) is 39.2 Å². The lowest BCUT2D eigenvalue weighted by atomic mass is 9.90. The topological polar surface area (TPSA) is 75.3 Å². The van der Waals surface area contributed by atoms with Gasteiger partial charge in [-0.25, -0.2) is 8.42 Å². The third-order valence-electron chi connectivity index (χ3n) is 3.83. The van der Waals surface area contributed by atoms with Crippen molar-refractivity contribution in [3.8, 4) is 0 Å². The Hall–Kier alpha value is -1.22. The van der Waals surface area contributed by atoms with Crippen LogP contribution in [-0.2, 0) is 22.9 Å². The predicted molar refractivity (Wildman–Crippen MR) is 92.4 cm³/mol. The first-order valence-electron chi connectivity index (χ1n) is 7.35. The Morgan fingerprint density at radius 3 is 2.78 bits per heavy atom. The van der Waals surface area contributed by atoms with Crippen molar-refractivity contribution in [2.75, 3.05) is 0 Å². The van der Waals surface area contributed by atoms with E-state index in [9.17, 15) is 13.2 Å². The van der Waals surface area contributed by atoms with Gasteiger partial charge in [-0.3, -0.25) is 10.2 Å². The quantitative estimate of drug-likeness (QED) is 0.813.